The van der Waals surface area contributed by atoms with E-state index < -0.39 is 0 Å². The van der Waals surface area contributed by atoms with Gasteiger partial charge in [0, 0.05) is 11.8 Å². The molecule has 1 nitrogen and oxygen atoms in total. The maximum atomic E-state index is 4.52. The molecule has 0 aliphatic carbocycles. The Balaban J connectivity index is 2.41. The van der Waals surface area contributed by atoms with Gasteiger partial charge in [0.1, 0.15) is 0 Å². The Kier molecular flexibility index (Phi) is 3.92. The maximum absolute atomic E-state index is 4.52. The SMILES string of the molecule is CCCCc1ccccc1-c1ncccc1C. The van der Waals surface area contributed by atoms with Crippen LogP contribution in [-0.4, -0.2) is 4.98 Å². The molecular formula is C16H19N. The summed E-state index contributed by atoms with van der Waals surface area (Å²) in [5.74, 6) is 0. The molecule has 0 spiro atoms. The number of hydrogen-bond donors (Lipinski definition) is 0. The van der Waals surface area contributed by atoms with E-state index in [2.05, 4.69) is 49.2 Å². The summed E-state index contributed by atoms with van der Waals surface area (Å²) < 4.78 is 0. The molecule has 0 atom stereocenters. The molecule has 0 radical (unpaired) electrons. The average molecular weight is 225 g/mol. The lowest BCUT2D eigenvalue weighted by Gasteiger charge is -2.10. The van der Waals surface area contributed by atoms with Crippen LogP contribution in [0.4, 0.5) is 0 Å². The summed E-state index contributed by atoms with van der Waals surface area (Å²) >= 11 is 0. The molecule has 2 aromatic rings. The van der Waals surface area contributed by atoms with Crippen molar-refractivity contribution in [3.8, 4) is 11.3 Å². The highest BCUT2D eigenvalue weighted by molar-refractivity contribution is 5.66. The van der Waals surface area contributed by atoms with Crippen molar-refractivity contribution in [1.29, 1.82) is 0 Å². The second kappa shape index (κ2) is 5.62. The summed E-state index contributed by atoms with van der Waals surface area (Å²) in [6.07, 6.45) is 5.49. The van der Waals surface area contributed by atoms with Gasteiger partial charge in [0.15, 0.2) is 0 Å². The summed E-state index contributed by atoms with van der Waals surface area (Å²) in [5.41, 5.74) is 5.07. The fourth-order valence-corrected chi connectivity index (χ4v) is 2.10. The van der Waals surface area contributed by atoms with Crippen LogP contribution in [0.5, 0.6) is 0 Å². The minimum Gasteiger partial charge on any atom is -0.256 e. The zero-order chi connectivity index (χ0) is 12.1. The summed E-state index contributed by atoms with van der Waals surface area (Å²) in [4.78, 5) is 4.52. The van der Waals surface area contributed by atoms with Gasteiger partial charge >= 0.3 is 0 Å². The Bertz CT molecular complexity index is 488. The minimum atomic E-state index is 1.12. The smallest absolute Gasteiger partial charge is 0.0733 e. The van der Waals surface area contributed by atoms with Gasteiger partial charge in [-0.05, 0) is 37.0 Å². The van der Waals surface area contributed by atoms with Gasteiger partial charge in [-0.1, -0.05) is 43.7 Å². The van der Waals surface area contributed by atoms with E-state index in [1.165, 1.54) is 29.5 Å². The van der Waals surface area contributed by atoms with Gasteiger partial charge in [-0.3, -0.25) is 4.98 Å². The highest BCUT2D eigenvalue weighted by Gasteiger charge is 2.07. The van der Waals surface area contributed by atoms with Crippen molar-refractivity contribution in [1.82, 2.24) is 4.98 Å². The molecule has 1 heteroatoms. The highest BCUT2D eigenvalue weighted by Crippen LogP contribution is 2.25. The Hall–Kier alpha value is -1.63. The topological polar surface area (TPSA) is 12.9 Å². The van der Waals surface area contributed by atoms with E-state index in [4.69, 9.17) is 0 Å². The zero-order valence-electron chi connectivity index (χ0n) is 10.6. The number of benzene rings is 1. The third-order valence-electron chi connectivity index (χ3n) is 3.08. The van der Waals surface area contributed by atoms with Crippen LogP contribution < -0.4 is 0 Å². The minimum absolute atomic E-state index is 1.12. The van der Waals surface area contributed by atoms with E-state index >= 15 is 0 Å². The van der Waals surface area contributed by atoms with Crippen LogP contribution in [0.3, 0.4) is 0 Å². The first kappa shape index (κ1) is 11.8. The van der Waals surface area contributed by atoms with Gasteiger partial charge < -0.3 is 0 Å². The molecule has 0 saturated carbocycles. The number of aromatic nitrogens is 1. The lowest BCUT2D eigenvalue weighted by molar-refractivity contribution is 0.796. The predicted molar refractivity (Wildman–Crippen MR) is 73.0 cm³/mol. The van der Waals surface area contributed by atoms with Crippen LogP contribution in [0.1, 0.15) is 30.9 Å². The maximum Gasteiger partial charge on any atom is 0.0733 e. The molecule has 2 rings (SSSR count). The Morgan fingerprint density at radius 3 is 2.65 bits per heavy atom. The molecule has 0 aliphatic rings. The number of unbranched alkanes of at least 4 members (excludes halogenated alkanes) is 1. The van der Waals surface area contributed by atoms with Crippen molar-refractivity contribution < 1.29 is 0 Å². The van der Waals surface area contributed by atoms with Gasteiger partial charge in [0.05, 0.1) is 5.69 Å². The summed E-state index contributed by atoms with van der Waals surface area (Å²) in [6.45, 7) is 4.35. The molecule has 1 aromatic heterocycles. The normalized spacial score (nSPS) is 10.5. The number of rotatable bonds is 4. The second-order valence-corrected chi connectivity index (χ2v) is 4.43. The van der Waals surface area contributed by atoms with Crippen LogP contribution in [-0.2, 0) is 6.42 Å². The predicted octanol–water partition coefficient (Wildman–Crippen LogP) is 4.40. The number of aryl methyl sites for hydroxylation is 2. The van der Waals surface area contributed by atoms with Crippen LogP contribution >= 0.6 is 0 Å². The summed E-state index contributed by atoms with van der Waals surface area (Å²) in [6, 6.07) is 12.7. The quantitative estimate of drug-likeness (QED) is 0.751. The molecule has 1 heterocycles. The van der Waals surface area contributed by atoms with Gasteiger partial charge in [-0.15, -0.1) is 0 Å². The summed E-state index contributed by atoms with van der Waals surface area (Å²) in [7, 11) is 0. The molecule has 0 aliphatic heterocycles. The zero-order valence-corrected chi connectivity index (χ0v) is 10.6. The standard InChI is InChI=1S/C16H19N/c1-3-4-9-14-10-5-6-11-15(14)16-13(2)8-7-12-17-16/h5-8,10-12H,3-4,9H2,1-2H3. The average Bonchev–Trinajstić information content (AvgIpc) is 2.37. The fourth-order valence-electron chi connectivity index (χ4n) is 2.10. The van der Waals surface area contributed by atoms with E-state index in [9.17, 15) is 0 Å². The van der Waals surface area contributed by atoms with Crippen molar-refractivity contribution >= 4 is 0 Å². The molecule has 0 saturated heterocycles. The molecular weight excluding hydrogens is 206 g/mol. The van der Waals surface area contributed by atoms with Crippen LogP contribution in [0.15, 0.2) is 42.6 Å². The van der Waals surface area contributed by atoms with Crippen molar-refractivity contribution in [2.45, 2.75) is 33.1 Å². The van der Waals surface area contributed by atoms with Crippen molar-refractivity contribution in [2.75, 3.05) is 0 Å². The molecule has 88 valence electrons. The third kappa shape index (κ3) is 2.73. The number of nitrogens with zero attached hydrogens (tertiary/aromatic N) is 1. The number of pyridine rings is 1. The van der Waals surface area contributed by atoms with Crippen LogP contribution in [0, 0.1) is 6.92 Å². The van der Waals surface area contributed by atoms with Gasteiger partial charge in [-0.2, -0.15) is 0 Å². The fraction of sp³-hybridized carbons (Fsp3) is 0.312. The number of hydrogen-bond acceptors (Lipinski definition) is 1. The second-order valence-electron chi connectivity index (χ2n) is 4.43. The monoisotopic (exact) mass is 225 g/mol. The molecule has 0 N–H and O–H groups in total. The molecule has 0 unspecified atom stereocenters. The van der Waals surface area contributed by atoms with E-state index in [1.54, 1.807) is 0 Å². The molecule has 0 fully saturated rings. The lowest BCUT2D eigenvalue weighted by atomic mass is 9.97. The van der Waals surface area contributed by atoms with E-state index in [1.807, 2.05) is 12.3 Å². The summed E-state index contributed by atoms with van der Waals surface area (Å²) in [5, 5.41) is 0. The van der Waals surface area contributed by atoms with Crippen LogP contribution in [0.2, 0.25) is 0 Å². The lowest BCUT2D eigenvalue weighted by Crippen LogP contribution is -1.94. The molecule has 0 bridgehead atoms. The first-order valence-corrected chi connectivity index (χ1v) is 6.33. The first-order chi connectivity index (χ1) is 8.33. The Morgan fingerprint density at radius 1 is 1.06 bits per heavy atom. The van der Waals surface area contributed by atoms with E-state index in [0.29, 0.717) is 0 Å². The Morgan fingerprint density at radius 2 is 1.88 bits per heavy atom. The first-order valence-electron chi connectivity index (χ1n) is 6.33. The third-order valence-corrected chi connectivity index (χ3v) is 3.08. The van der Waals surface area contributed by atoms with E-state index in [0.717, 1.165) is 12.1 Å². The van der Waals surface area contributed by atoms with Gasteiger partial charge in [0.2, 0.25) is 0 Å². The van der Waals surface area contributed by atoms with E-state index in [-0.39, 0.29) is 0 Å². The highest BCUT2D eigenvalue weighted by atomic mass is 14.7. The molecule has 1 aromatic carbocycles. The van der Waals surface area contributed by atoms with Gasteiger partial charge in [-0.25, -0.2) is 0 Å². The van der Waals surface area contributed by atoms with Crippen molar-refractivity contribution in [3.05, 3.63) is 53.7 Å². The molecule has 0 amide bonds. The largest absolute Gasteiger partial charge is 0.256 e. The van der Waals surface area contributed by atoms with Crippen molar-refractivity contribution in [3.63, 3.8) is 0 Å². The Labute approximate surface area is 104 Å². The van der Waals surface area contributed by atoms with Crippen molar-refractivity contribution in [2.24, 2.45) is 0 Å². The van der Waals surface area contributed by atoms with Gasteiger partial charge in [0.25, 0.3) is 0 Å². The molecule has 17 heavy (non-hydrogen) atoms. The van der Waals surface area contributed by atoms with Crippen LogP contribution in [0.25, 0.3) is 11.3 Å².